The Morgan fingerprint density at radius 2 is 1.39 bits per heavy atom. The molecule has 0 saturated carbocycles. The molecule has 0 saturated heterocycles. The van der Waals surface area contributed by atoms with E-state index in [2.05, 4.69) is 79.3 Å². The van der Waals surface area contributed by atoms with Crippen molar-refractivity contribution in [1.29, 1.82) is 0 Å². The number of halogens is 1. The third-order valence-corrected chi connectivity index (χ3v) is 4.40. The van der Waals surface area contributed by atoms with Gasteiger partial charge in [-0.2, -0.15) is 0 Å². The summed E-state index contributed by atoms with van der Waals surface area (Å²) in [4.78, 5) is 4.81. The maximum Gasteiger partial charge on any atom is 0.0443 e. The molecule has 0 amide bonds. The molecule has 0 radical (unpaired) electrons. The van der Waals surface area contributed by atoms with Crippen LogP contribution in [0.5, 0.6) is 0 Å². The van der Waals surface area contributed by atoms with Crippen LogP contribution in [0.15, 0.2) is 48.5 Å². The summed E-state index contributed by atoms with van der Waals surface area (Å²) in [6, 6.07) is 17.8. The average molecular weight is 331 g/mol. The van der Waals surface area contributed by atoms with Gasteiger partial charge in [-0.25, -0.2) is 0 Å². The summed E-state index contributed by atoms with van der Waals surface area (Å²) in [5.74, 6) is 0.620. The van der Waals surface area contributed by atoms with Gasteiger partial charge in [0.25, 0.3) is 0 Å². The minimum atomic E-state index is 0. The van der Waals surface area contributed by atoms with Gasteiger partial charge in [-0.05, 0) is 56.1 Å². The minimum Gasteiger partial charge on any atom is -0.341 e. The van der Waals surface area contributed by atoms with E-state index in [-0.39, 0.29) is 12.4 Å². The number of benzene rings is 2. The van der Waals surface area contributed by atoms with Crippen LogP contribution in [0.1, 0.15) is 18.1 Å². The van der Waals surface area contributed by atoms with Gasteiger partial charge in [0.1, 0.15) is 0 Å². The van der Waals surface area contributed by atoms with Crippen molar-refractivity contribution >= 4 is 23.8 Å². The molecule has 2 aromatic carbocycles. The van der Waals surface area contributed by atoms with E-state index in [9.17, 15) is 0 Å². The normalized spacial score (nSPS) is 14.5. The van der Waals surface area contributed by atoms with Gasteiger partial charge in [0.2, 0.25) is 0 Å². The lowest BCUT2D eigenvalue weighted by atomic mass is 10.0. The summed E-state index contributed by atoms with van der Waals surface area (Å²) < 4.78 is 0. The minimum absolute atomic E-state index is 0. The highest BCUT2D eigenvalue weighted by molar-refractivity contribution is 5.85. The predicted octanol–water partition coefficient (Wildman–Crippen LogP) is 4.54. The number of aryl methyl sites for hydroxylation is 2. The van der Waals surface area contributed by atoms with Crippen LogP contribution in [0.4, 0.5) is 11.4 Å². The van der Waals surface area contributed by atoms with Crippen LogP contribution in [-0.2, 0) is 12.8 Å². The Hall–Kier alpha value is -1.51. The van der Waals surface area contributed by atoms with E-state index in [1.807, 2.05) is 0 Å². The standard InChI is InChI=1S/C20H26N2.ClH/c1-16(14-21(2)3)15-22-19-10-6-4-8-17(19)12-13-18-9-5-7-11-20(18)22;/h4-11,16H,12-15H2,1-3H3;1H/t16-;/m1./s1. The van der Waals surface area contributed by atoms with E-state index in [1.165, 1.54) is 22.5 Å². The van der Waals surface area contributed by atoms with Crippen LogP contribution in [-0.4, -0.2) is 32.1 Å². The fourth-order valence-corrected chi connectivity index (χ4v) is 3.56. The van der Waals surface area contributed by atoms with Gasteiger partial charge in [-0.3, -0.25) is 0 Å². The lowest BCUT2D eigenvalue weighted by Gasteiger charge is -2.30. The molecule has 0 unspecified atom stereocenters. The Morgan fingerprint density at radius 1 is 0.913 bits per heavy atom. The molecule has 1 atom stereocenters. The SMILES string of the molecule is C[C@H](CN(C)C)CN1c2ccccc2CCc2ccccc21.Cl. The fraction of sp³-hybridized carbons (Fsp3) is 0.400. The number of hydrogen-bond acceptors (Lipinski definition) is 2. The Bertz CT molecular complexity index is 592. The van der Waals surface area contributed by atoms with E-state index >= 15 is 0 Å². The third-order valence-electron chi connectivity index (χ3n) is 4.40. The zero-order valence-electron chi connectivity index (χ0n) is 14.3. The molecule has 0 N–H and O–H groups in total. The highest BCUT2D eigenvalue weighted by Gasteiger charge is 2.21. The molecular weight excluding hydrogens is 304 g/mol. The van der Waals surface area contributed by atoms with Crippen molar-refractivity contribution in [2.24, 2.45) is 5.92 Å². The van der Waals surface area contributed by atoms with Crippen molar-refractivity contribution in [3.63, 3.8) is 0 Å². The van der Waals surface area contributed by atoms with E-state index in [0.717, 1.165) is 25.9 Å². The second-order valence-corrected chi connectivity index (χ2v) is 6.74. The van der Waals surface area contributed by atoms with Gasteiger partial charge in [-0.15, -0.1) is 12.4 Å². The Kier molecular flexibility index (Phi) is 6.09. The fourth-order valence-electron chi connectivity index (χ4n) is 3.56. The highest BCUT2D eigenvalue weighted by Crippen LogP contribution is 2.36. The summed E-state index contributed by atoms with van der Waals surface area (Å²) in [5.41, 5.74) is 5.71. The molecule has 23 heavy (non-hydrogen) atoms. The predicted molar refractivity (Wildman–Crippen MR) is 102 cm³/mol. The number of anilines is 2. The van der Waals surface area contributed by atoms with Crippen LogP contribution in [0.2, 0.25) is 0 Å². The third kappa shape index (κ3) is 4.07. The topological polar surface area (TPSA) is 6.48 Å². The number of rotatable bonds is 4. The zero-order valence-corrected chi connectivity index (χ0v) is 15.1. The number of hydrogen-bond donors (Lipinski definition) is 0. The molecule has 0 aromatic heterocycles. The van der Waals surface area contributed by atoms with Crippen molar-refractivity contribution in [3.05, 3.63) is 59.7 Å². The molecule has 2 aromatic rings. The van der Waals surface area contributed by atoms with Gasteiger partial charge >= 0.3 is 0 Å². The molecule has 1 heterocycles. The zero-order chi connectivity index (χ0) is 15.5. The van der Waals surface area contributed by atoms with Gasteiger partial charge in [0, 0.05) is 24.5 Å². The van der Waals surface area contributed by atoms with Crippen molar-refractivity contribution in [3.8, 4) is 0 Å². The van der Waals surface area contributed by atoms with E-state index < -0.39 is 0 Å². The maximum atomic E-state index is 2.53. The van der Waals surface area contributed by atoms with E-state index in [1.54, 1.807) is 0 Å². The van der Waals surface area contributed by atoms with Gasteiger partial charge in [-0.1, -0.05) is 43.3 Å². The number of para-hydroxylation sites is 2. The van der Waals surface area contributed by atoms with E-state index in [0.29, 0.717) is 5.92 Å². The van der Waals surface area contributed by atoms with Crippen molar-refractivity contribution in [2.75, 3.05) is 32.1 Å². The number of fused-ring (bicyclic) bond motifs is 2. The van der Waals surface area contributed by atoms with E-state index in [4.69, 9.17) is 0 Å². The Balaban J connectivity index is 0.00000192. The molecule has 0 spiro atoms. The van der Waals surface area contributed by atoms with Crippen LogP contribution < -0.4 is 4.90 Å². The Labute approximate surface area is 146 Å². The van der Waals surface area contributed by atoms with Gasteiger partial charge in [0.15, 0.2) is 0 Å². The lowest BCUT2D eigenvalue weighted by Crippen LogP contribution is -2.30. The summed E-state index contributed by atoms with van der Waals surface area (Å²) in [6.07, 6.45) is 2.26. The smallest absolute Gasteiger partial charge is 0.0443 e. The van der Waals surface area contributed by atoms with Crippen molar-refractivity contribution in [2.45, 2.75) is 19.8 Å². The molecule has 3 rings (SSSR count). The van der Waals surface area contributed by atoms with Gasteiger partial charge in [0.05, 0.1) is 0 Å². The molecule has 3 heteroatoms. The molecule has 124 valence electrons. The first-order valence-corrected chi connectivity index (χ1v) is 8.23. The highest BCUT2D eigenvalue weighted by atomic mass is 35.5. The first-order valence-electron chi connectivity index (χ1n) is 8.23. The summed E-state index contributed by atoms with van der Waals surface area (Å²) in [7, 11) is 4.31. The summed E-state index contributed by atoms with van der Waals surface area (Å²) in [6.45, 7) is 4.52. The van der Waals surface area contributed by atoms with Crippen LogP contribution in [0, 0.1) is 5.92 Å². The second kappa shape index (κ2) is 7.85. The number of nitrogens with zero attached hydrogens (tertiary/aromatic N) is 2. The average Bonchev–Trinajstić information content (AvgIpc) is 2.65. The molecular formula is C20H27ClN2. The molecule has 2 nitrogen and oxygen atoms in total. The van der Waals surface area contributed by atoms with Crippen molar-refractivity contribution < 1.29 is 0 Å². The van der Waals surface area contributed by atoms with Crippen LogP contribution in [0.3, 0.4) is 0 Å². The largest absolute Gasteiger partial charge is 0.341 e. The quantitative estimate of drug-likeness (QED) is 0.812. The molecule has 1 aliphatic rings. The molecule has 0 fully saturated rings. The van der Waals surface area contributed by atoms with Crippen LogP contribution in [0.25, 0.3) is 0 Å². The summed E-state index contributed by atoms with van der Waals surface area (Å²) in [5, 5.41) is 0. The molecule has 0 bridgehead atoms. The lowest BCUT2D eigenvalue weighted by molar-refractivity contribution is 0.343. The first kappa shape index (κ1) is 17.8. The molecule has 1 aliphatic heterocycles. The maximum absolute atomic E-state index is 2.53. The Morgan fingerprint density at radius 3 is 1.87 bits per heavy atom. The first-order chi connectivity index (χ1) is 10.6. The van der Waals surface area contributed by atoms with Gasteiger partial charge < -0.3 is 9.80 Å². The van der Waals surface area contributed by atoms with Crippen LogP contribution >= 0.6 is 12.4 Å². The van der Waals surface area contributed by atoms with Crippen molar-refractivity contribution in [1.82, 2.24) is 4.90 Å². The molecule has 0 aliphatic carbocycles. The monoisotopic (exact) mass is 330 g/mol. The summed E-state index contributed by atoms with van der Waals surface area (Å²) >= 11 is 0. The second-order valence-electron chi connectivity index (χ2n) is 6.74.